The third-order valence-corrected chi connectivity index (χ3v) is 6.34. The monoisotopic (exact) mass is 414 g/mol. The Morgan fingerprint density at radius 1 is 1.28 bits per heavy atom. The van der Waals surface area contributed by atoms with Gasteiger partial charge in [-0.2, -0.15) is 0 Å². The SMILES string of the molecule is Cc1cccc2sc(N(CC[NH+](C)C)C(=O)c3cc(Cl)sc3Cl)nc12. The zero-order valence-electron chi connectivity index (χ0n) is 14.1. The van der Waals surface area contributed by atoms with Gasteiger partial charge in [-0.3, -0.25) is 9.69 Å². The highest BCUT2D eigenvalue weighted by molar-refractivity contribution is 7.22. The van der Waals surface area contributed by atoms with Crippen molar-refractivity contribution in [3.8, 4) is 0 Å². The van der Waals surface area contributed by atoms with Gasteiger partial charge in [-0.15, -0.1) is 11.3 Å². The first kappa shape index (κ1) is 18.6. The number of likely N-dealkylation sites (N-methyl/N-ethyl adjacent to an activating group) is 1. The molecule has 0 saturated heterocycles. The molecule has 1 amide bonds. The van der Waals surface area contributed by atoms with Crippen molar-refractivity contribution in [3.63, 3.8) is 0 Å². The van der Waals surface area contributed by atoms with Crippen LogP contribution < -0.4 is 9.80 Å². The lowest BCUT2D eigenvalue weighted by atomic mass is 10.2. The number of amides is 1. The number of halogens is 2. The van der Waals surface area contributed by atoms with Crippen molar-refractivity contribution >= 4 is 67.1 Å². The Labute approximate surface area is 164 Å². The normalized spacial score (nSPS) is 11.4. The third-order valence-electron chi connectivity index (χ3n) is 3.81. The molecule has 0 atom stereocenters. The number of nitrogens with zero attached hydrogens (tertiary/aromatic N) is 2. The first-order valence-electron chi connectivity index (χ1n) is 7.78. The highest BCUT2D eigenvalue weighted by atomic mass is 35.5. The Morgan fingerprint density at radius 3 is 2.64 bits per heavy atom. The second-order valence-electron chi connectivity index (χ2n) is 6.07. The van der Waals surface area contributed by atoms with Crippen molar-refractivity contribution in [2.45, 2.75) is 6.92 Å². The maximum atomic E-state index is 13.1. The molecule has 0 aliphatic carbocycles. The molecule has 132 valence electrons. The Balaban J connectivity index is 2.02. The molecule has 0 bridgehead atoms. The molecule has 0 aliphatic heterocycles. The summed E-state index contributed by atoms with van der Waals surface area (Å²) >= 11 is 14.9. The number of thiophene rings is 1. The molecule has 25 heavy (non-hydrogen) atoms. The number of fused-ring (bicyclic) bond motifs is 1. The summed E-state index contributed by atoms with van der Waals surface area (Å²) in [6.45, 7) is 3.39. The molecule has 0 aliphatic rings. The highest BCUT2D eigenvalue weighted by Gasteiger charge is 2.25. The van der Waals surface area contributed by atoms with Gasteiger partial charge in [0.15, 0.2) is 5.13 Å². The lowest BCUT2D eigenvalue weighted by Gasteiger charge is -2.20. The van der Waals surface area contributed by atoms with Gasteiger partial charge in [0, 0.05) is 0 Å². The lowest BCUT2D eigenvalue weighted by Crippen LogP contribution is -3.06. The van der Waals surface area contributed by atoms with Gasteiger partial charge >= 0.3 is 0 Å². The molecule has 0 saturated carbocycles. The maximum absolute atomic E-state index is 13.1. The zero-order valence-corrected chi connectivity index (χ0v) is 17.2. The minimum atomic E-state index is -0.161. The summed E-state index contributed by atoms with van der Waals surface area (Å²) in [5.41, 5.74) is 2.47. The largest absolute Gasteiger partial charge is 0.338 e. The second-order valence-corrected chi connectivity index (χ2v) is 9.36. The number of aryl methyl sites for hydroxylation is 1. The molecular weight excluding hydrogens is 397 g/mol. The number of benzene rings is 1. The Kier molecular flexibility index (Phi) is 5.65. The van der Waals surface area contributed by atoms with Crippen LogP contribution in [-0.4, -0.2) is 38.1 Å². The van der Waals surface area contributed by atoms with E-state index >= 15 is 0 Å². The molecule has 4 nitrogen and oxygen atoms in total. The summed E-state index contributed by atoms with van der Waals surface area (Å²) in [5.74, 6) is -0.161. The molecule has 3 rings (SSSR count). The van der Waals surface area contributed by atoms with Crippen molar-refractivity contribution in [3.05, 3.63) is 44.1 Å². The van der Waals surface area contributed by atoms with Gasteiger partial charge in [-0.1, -0.05) is 46.7 Å². The molecule has 0 radical (unpaired) electrons. The van der Waals surface area contributed by atoms with Crippen molar-refractivity contribution in [1.82, 2.24) is 4.98 Å². The van der Waals surface area contributed by atoms with Crippen LogP contribution in [-0.2, 0) is 0 Å². The fraction of sp³-hybridized carbons (Fsp3) is 0.294. The molecule has 3 aromatic rings. The number of hydrogen-bond acceptors (Lipinski definition) is 4. The van der Waals surface area contributed by atoms with Crippen LogP contribution >= 0.6 is 45.9 Å². The Morgan fingerprint density at radius 2 is 2.04 bits per heavy atom. The Bertz CT molecular complexity index is 920. The summed E-state index contributed by atoms with van der Waals surface area (Å²) in [7, 11) is 4.11. The molecule has 0 unspecified atom stereocenters. The summed E-state index contributed by atoms with van der Waals surface area (Å²) in [6.07, 6.45) is 0. The predicted octanol–water partition coefficient (Wildman–Crippen LogP) is 3.76. The first-order chi connectivity index (χ1) is 11.9. The van der Waals surface area contributed by atoms with Gasteiger partial charge in [0.05, 0.1) is 47.3 Å². The van der Waals surface area contributed by atoms with Crippen LogP contribution in [0.5, 0.6) is 0 Å². The number of rotatable bonds is 5. The molecule has 0 spiro atoms. The number of carbonyl (C=O) groups is 1. The second kappa shape index (κ2) is 7.60. The van der Waals surface area contributed by atoms with Crippen LogP contribution in [0.15, 0.2) is 24.3 Å². The smallest absolute Gasteiger partial charge is 0.262 e. The molecular formula is C17H18Cl2N3OS2+. The summed E-state index contributed by atoms with van der Waals surface area (Å²) < 4.78 is 1.99. The molecule has 0 fully saturated rings. The average molecular weight is 415 g/mol. The number of hydrogen-bond donors (Lipinski definition) is 1. The van der Waals surface area contributed by atoms with Gasteiger partial charge < -0.3 is 4.90 Å². The third kappa shape index (κ3) is 3.99. The summed E-state index contributed by atoms with van der Waals surface area (Å²) in [4.78, 5) is 20.8. The van der Waals surface area contributed by atoms with Gasteiger partial charge in [0.25, 0.3) is 5.91 Å². The van der Waals surface area contributed by atoms with Crippen LogP contribution in [0.4, 0.5) is 5.13 Å². The van der Waals surface area contributed by atoms with E-state index < -0.39 is 0 Å². The number of quaternary nitrogens is 1. The van der Waals surface area contributed by atoms with Gasteiger partial charge in [0.1, 0.15) is 4.34 Å². The van der Waals surface area contributed by atoms with E-state index in [2.05, 4.69) is 14.1 Å². The average Bonchev–Trinajstić information content (AvgIpc) is 3.11. The predicted molar refractivity (Wildman–Crippen MR) is 108 cm³/mol. The van der Waals surface area contributed by atoms with E-state index in [9.17, 15) is 4.79 Å². The number of anilines is 1. The van der Waals surface area contributed by atoms with E-state index in [-0.39, 0.29) is 5.91 Å². The number of nitrogens with one attached hydrogen (secondary N) is 1. The standard InChI is InChI=1S/C17H17Cl2N3OS2/c1-10-5-4-6-12-14(10)20-17(24-12)22(8-7-21(2)3)16(23)11-9-13(18)25-15(11)19/h4-6,9H,7-8H2,1-3H3/p+1. The van der Waals surface area contributed by atoms with E-state index in [0.717, 1.165) is 22.3 Å². The zero-order chi connectivity index (χ0) is 18.1. The Hall–Kier alpha value is -1.18. The molecule has 1 aromatic carbocycles. The van der Waals surface area contributed by atoms with Crippen LogP contribution in [0.2, 0.25) is 8.67 Å². The van der Waals surface area contributed by atoms with Crippen molar-refractivity contribution in [2.24, 2.45) is 0 Å². The van der Waals surface area contributed by atoms with E-state index in [0.29, 0.717) is 25.9 Å². The number of thiazole rings is 1. The molecule has 1 N–H and O–H groups in total. The quantitative estimate of drug-likeness (QED) is 0.689. The topological polar surface area (TPSA) is 37.6 Å². The molecule has 2 heterocycles. The number of para-hydroxylation sites is 1. The molecule has 2 aromatic heterocycles. The van der Waals surface area contributed by atoms with Gasteiger partial charge in [0.2, 0.25) is 0 Å². The minimum absolute atomic E-state index is 0.161. The number of aromatic nitrogens is 1. The fourth-order valence-corrected chi connectivity index (χ4v) is 4.96. The van der Waals surface area contributed by atoms with Crippen LogP contribution in [0, 0.1) is 6.92 Å². The maximum Gasteiger partial charge on any atom is 0.262 e. The highest BCUT2D eigenvalue weighted by Crippen LogP contribution is 2.35. The fourth-order valence-electron chi connectivity index (χ4n) is 2.44. The minimum Gasteiger partial charge on any atom is -0.338 e. The summed E-state index contributed by atoms with van der Waals surface area (Å²) in [6, 6.07) is 7.69. The van der Waals surface area contributed by atoms with Crippen LogP contribution in [0.1, 0.15) is 15.9 Å². The van der Waals surface area contributed by atoms with E-state index in [1.807, 2.05) is 25.1 Å². The summed E-state index contributed by atoms with van der Waals surface area (Å²) in [5, 5.41) is 0.689. The van der Waals surface area contributed by atoms with Crippen LogP contribution in [0.25, 0.3) is 10.2 Å². The molecule has 8 heteroatoms. The lowest BCUT2D eigenvalue weighted by molar-refractivity contribution is -0.856. The van der Waals surface area contributed by atoms with E-state index in [4.69, 9.17) is 28.2 Å². The van der Waals surface area contributed by atoms with Crippen molar-refractivity contribution in [2.75, 3.05) is 32.1 Å². The van der Waals surface area contributed by atoms with Crippen LogP contribution in [0.3, 0.4) is 0 Å². The van der Waals surface area contributed by atoms with Crippen molar-refractivity contribution < 1.29 is 9.69 Å². The van der Waals surface area contributed by atoms with E-state index in [1.54, 1.807) is 11.0 Å². The van der Waals surface area contributed by atoms with Gasteiger partial charge in [-0.25, -0.2) is 4.98 Å². The first-order valence-corrected chi connectivity index (χ1v) is 10.2. The number of carbonyl (C=O) groups excluding carboxylic acids is 1. The van der Waals surface area contributed by atoms with E-state index in [1.165, 1.54) is 27.6 Å². The van der Waals surface area contributed by atoms with Crippen molar-refractivity contribution in [1.29, 1.82) is 0 Å². The van der Waals surface area contributed by atoms with Gasteiger partial charge in [-0.05, 0) is 24.6 Å².